The molecule has 1 aromatic rings. The quantitative estimate of drug-likeness (QED) is 0.522. The van der Waals surface area contributed by atoms with Gasteiger partial charge in [0.25, 0.3) is 0 Å². The Kier molecular flexibility index (Phi) is 7.18. The molecule has 8 nitrogen and oxygen atoms in total. The van der Waals surface area contributed by atoms with Crippen molar-refractivity contribution in [2.45, 2.75) is 25.7 Å². The van der Waals surface area contributed by atoms with Crippen LogP contribution in [0.3, 0.4) is 0 Å². The van der Waals surface area contributed by atoms with Crippen LogP contribution in [-0.2, 0) is 9.59 Å². The molecule has 0 aromatic heterocycles. The number of carbonyl (C=O) groups excluding carboxylic acids is 2. The largest absolute Gasteiger partial charge is 0.478 e. The van der Waals surface area contributed by atoms with Gasteiger partial charge in [0.15, 0.2) is 0 Å². The Morgan fingerprint density at radius 3 is 2.19 bits per heavy atom. The zero-order valence-corrected chi connectivity index (χ0v) is 15.3. The van der Waals surface area contributed by atoms with Crippen molar-refractivity contribution >= 4 is 41.0 Å². The van der Waals surface area contributed by atoms with Crippen LogP contribution >= 0.6 is 11.6 Å². The molecule has 1 aliphatic carbocycles. The highest BCUT2D eigenvalue weighted by Gasteiger charge is 2.27. The van der Waals surface area contributed by atoms with Crippen LogP contribution in [-0.4, -0.2) is 46.4 Å². The predicted octanol–water partition coefficient (Wildman–Crippen LogP) is 2.18. The number of aromatic carboxylic acids is 2. The lowest BCUT2D eigenvalue weighted by molar-refractivity contribution is -0.121. The maximum atomic E-state index is 12.4. The van der Waals surface area contributed by atoms with Gasteiger partial charge in [-0.25, -0.2) is 9.59 Å². The fourth-order valence-corrected chi connectivity index (χ4v) is 3.26. The minimum Gasteiger partial charge on any atom is -0.478 e. The summed E-state index contributed by atoms with van der Waals surface area (Å²) in [6.07, 6.45) is 2.90. The summed E-state index contributed by atoms with van der Waals surface area (Å²) in [7, 11) is 0. The summed E-state index contributed by atoms with van der Waals surface area (Å²) < 4.78 is 0. The van der Waals surface area contributed by atoms with Crippen LogP contribution in [0.25, 0.3) is 0 Å². The molecule has 0 saturated heterocycles. The number of rotatable bonds is 7. The molecule has 0 unspecified atom stereocenters. The Balaban J connectivity index is 1.93. The maximum absolute atomic E-state index is 12.4. The van der Waals surface area contributed by atoms with Gasteiger partial charge in [-0.2, -0.15) is 0 Å². The minimum absolute atomic E-state index is 0.0727. The lowest BCUT2D eigenvalue weighted by atomic mass is 9.81. The lowest BCUT2D eigenvalue weighted by Gasteiger charge is -2.27. The van der Waals surface area contributed by atoms with Crippen LogP contribution in [0.4, 0.5) is 5.69 Å². The van der Waals surface area contributed by atoms with Crippen molar-refractivity contribution in [2.75, 3.05) is 17.7 Å². The molecule has 146 valence electrons. The van der Waals surface area contributed by atoms with Gasteiger partial charge in [-0.3, -0.25) is 9.59 Å². The fourth-order valence-electron chi connectivity index (χ4n) is 3.16. The van der Waals surface area contributed by atoms with Crippen molar-refractivity contribution in [3.8, 4) is 0 Å². The second-order valence-corrected chi connectivity index (χ2v) is 6.78. The SMILES string of the molecule is O=C(CCl)NCC1CCC(C(=O)Nc2ccc(C(=O)O)c(C(=O)O)c2)CC1. The second kappa shape index (κ2) is 9.36. The molecule has 0 spiro atoms. The molecule has 0 heterocycles. The van der Waals surface area contributed by atoms with E-state index >= 15 is 0 Å². The van der Waals surface area contributed by atoms with Gasteiger partial charge in [-0.15, -0.1) is 11.6 Å². The Hall–Kier alpha value is -2.61. The molecule has 0 bridgehead atoms. The molecular weight excluding hydrogens is 376 g/mol. The van der Waals surface area contributed by atoms with E-state index in [0.29, 0.717) is 25.3 Å². The van der Waals surface area contributed by atoms with E-state index in [0.717, 1.165) is 25.0 Å². The van der Waals surface area contributed by atoms with E-state index in [1.807, 2.05) is 0 Å². The van der Waals surface area contributed by atoms with Crippen LogP contribution < -0.4 is 10.6 Å². The molecule has 0 atom stereocenters. The molecule has 27 heavy (non-hydrogen) atoms. The average molecular weight is 397 g/mol. The molecule has 2 amide bonds. The number of anilines is 1. The summed E-state index contributed by atoms with van der Waals surface area (Å²) in [6, 6.07) is 3.69. The Morgan fingerprint density at radius 2 is 1.63 bits per heavy atom. The number of carbonyl (C=O) groups is 4. The first-order valence-corrected chi connectivity index (χ1v) is 9.09. The molecule has 0 radical (unpaired) electrons. The summed E-state index contributed by atoms with van der Waals surface area (Å²) in [5.74, 6) is -3.13. The van der Waals surface area contributed by atoms with Crippen LogP contribution in [0.2, 0.25) is 0 Å². The highest BCUT2D eigenvalue weighted by Crippen LogP contribution is 2.29. The van der Waals surface area contributed by atoms with E-state index in [9.17, 15) is 19.2 Å². The predicted molar refractivity (Wildman–Crippen MR) is 98.2 cm³/mol. The zero-order valence-electron chi connectivity index (χ0n) is 14.5. The van der Waals surface area contributed by atoms with Crippen molar-refractivity contribution in [2.24, 2.45) is 11.8 Å². The molecule has 1 saturated carbocycles. The average Bonchev–Trinajstić information content (AvgIpc) is 2.66. The summed E-state index contributed by atoms with van der Waals surface area (Å²) in [5, 5.41) is 23.6. The van der Waals surface area contributed by atoms with Gasteiger partial charge in [0, 0.05) is 18.2 Å². The number of alkyl halides is 1. The number of nitrogens with one attached hydrogen (secondary N) is 2. The smallest absolute Gasteiger partial charge is 0.336 e. The molecule has 9 heteroatoms. The van der Waals surface area contributed by atoms with Crippen molar-refractivity contribution < 1.29 is 29.4 Å². The molecule has 1 aliphatic rings. The third-order valence-corrected chi connectivity index (χ3v) is 4.92. The zero-order chi connectivity index (χ0) is 20.0. The number of hydrogen-bond donors (Lipinski definition) is 4. The Bertz CT molecular complexity index is 743. The Morgan fingerprint density at radius 1 is 1.00 bits per heavy atom. The highest BCUT2D eigenvalue weighted by molar-refractivity contribution is 6.27. The second-order valence-electron chi connectivity index (χ2n) is 6.52. The van der Waals surface area contributed by atoms with Gasteiger partial charge in [-0.05, 0) is 49.8 Å². The van der Waals surface area contributed by atoms with Crippen LogP contribution in [0.1, 0.15) is 46.4 Å². The van der Waals surface area contributed by atoms with Crippen molar-refractivity contribution in [3.63, 3.8) is 0 Å². The van der Waals surface area contributed by atoms with Crippen molar-refractivity contribution in [3.05, 3.63) is 29.3 Å². The van der Waals surface area contributed by atoms with Crippen LogP contribution in [0.5, 0.6) is 0 Å². The molecule has 2 rings (SSSR count). The first kappa shape index (κ1) is 20.7. The van der Waals surface area contributed by atoms with E-state index in [1.54, 1.807) is 0 Å². The van der Waals surface area contributed by atoms with E-state index in [2.05, 4.69) is 10.6 Å². The monoisotopic (exact) mass is 396 g/mol. The normalized spacial score (nSPS) is 19.1. The van der Waals surface area contributed by atoms with Gasteiger partial charge >= 0.3 is 11.9 Å². The fraction of sp³-hybridized carbons (Fsp3) is 0.444. The van der Waals surface area contributed by atoms with Gasteiger partial charge < -0.3 is 20.8 Å². The summed E-state index contributed by atoms with van der Waals surface area (Å²) in [5.41, 5.74) is -0.460. The van der Waals surface area contributed by atoms with Crippen molar-refractivity contribution in [1.82, 2.24) is 5.32 Å². The van der Waals surface area contributed by atoms with E-state index in [-0.39, 0.29) is 40.4 Å². The maximum Gasteiger partial charge on any atom is 0.336 e. The first-order chi connectivity index (χ1) is 12.8. The van der Waals surface area contributed by atoms with E-state index in [1.165, 1.54) is 6.07 Å². The first-order valence-electron chi connectivity index (χ1n) is 8.56. The highest BCUT2D eigenvalue weighted by atomic mass is 35.5. The molecule has 0 aliphatic heterocycles. The number of carboxylic acids is 2. The standard InChI is InChI=1S/C18H21ClN2O6/c19-8-15(22)20-9-10-1-3-11(4-2-10)16(23)21-12-5-6-13(17(24)25)14(7-12)18(26)27/h5-7,10-11H,1-4,8-9H2,(H,20,22)(H,21,23)(H,24,25)(H,26,27). The number of halogens is 1. The third-order valence-electron chi connectivity index (χ3n) is 4.67. The van der Waals surface area contributed by atoms with Crippen LogP contribution in [0, 0.1) is 11.8 Å². The summed E-state index contributed by atoms with van der Waals surface area (Å²) in [4.78, 5) is 45.9. The third kappa shape index (κ3) is 5.68. The lowest BCUT2D eigenvalue weighted by Crippen LogP contribution is -2.34. The molecular formula is C18H21ClN2O6. The van der Waals surface area contributed by atoms with Gasteiger partial charge in [-0.1, -0.05) is 0 Å². The summed E-state index contributed by atoms with van der Waals surface area (Å²) >= 11 is 5.43. The number of carboxylic acid groups (broad SMARTS) is 2. The molecule has 1 aromatic carbocycles. The number of amides is 2. The van der Waals surface area contributed by atoms with E-state index in [4.69, 9.17) is 21.8 Å². The van der Waals surface area contributed by atoms with Gasteiger partial charge in [0.1, 0.15) is 5.88 Å². The van der Waals surface area contributed by atoms with Gasteiger partial charge in [0.2, 0.25) is 11.8 Å². The van der Waals surface area contributed by atoms with E-state index < -0.39 is 11.9 Å². The topological polar surface area (TPSA) is 133 Å². The molecule has 1 fully saturated rings. The molecule has 4 N–H and O–H groups in total. The number of hydrogen-bond acceptors (Lipinski definition) is 4. The number of benzene rings is 1. The van der Waals surface area contributed by atoms with Gasteiger partial charge in [0.05, 0.1) is 11.1 Å². The van der Waals surface area contributed by atoms with Crippen LogP contribution in [0.15, 0.2) is 18.2 Å². The van der Waals surface area contributed by atoms with Crippen molar-refractivity contribution in [1.29, 1.82) is 0 Å². The summed E-state index contributed by atoms with van der Waals surface area (Å²) in [6.45, 7) is 0.540. The Labute approximate surface area is 160 Å². The minimum atomic E-state index is -1.37.